The largest absolute Gasteiger partial charge is 0.354 e. The first-order valence-electron chi connectivity index (χ1n) is 8.91. The first kappa shape index (κ1) is 17.7. The summed E-state index contributed by atoms with van der Waals surface area (Å²) in [5.74, 6) is -0.0501. The van der Waals surface area contributed by atoms with Gasteiger partial charge in [0.05, 0.1) is 17.4 Å². The number of nitrogens with one attached hydrogen (secondary N) is 2. The summed E-state index contributed by atoms with van der Waals surface area (Å²) in [6.07, 6.45) is 10.4. The van der Waals surface area contributed by atoms with Gasteiger partial charge >= 0.3 is 0 Å². The van der Waals surface area contributed by atoms with E-state index in [0.717, 1.165) is 29.8 Å². The van der Waals surface area contributed by atoms with E-state index in [2.05, 4.69) is 15.6 Å². The lowest BCUT2D eigenvalue weighted by Crippen LogP contribution is -2.34. The fourth-order valence-electron chi connectivity index (χ4n) is 3.22. The van der Waals surface area contributed by atoms with Gasteiger partial charge < -0.3 is 10.6 Å². The first-order valence-corrected chi connectivity index (χ1v) is 9.29. The fourth-order valence-corrected chi connectivity index (χ4v) is 3.40. The van der Waals surface area contributed by atoms with Crippen LogP contribution < -0.4 is 10.6 Å². The average molecular weight is 358 g/mol. The van der Waals surface area contributed by atoms with Crippen LogP contribution in [0.25, 0.3) is 0 Å². The lowest BCUT2D eigenvalue weighted by atomic mass is 10.1. The van der Waals surface area contributed by atoms with Crippen molar-refractivity contribution in [2.75, 3.05) is 5.32 Å². The van der Waals surface area contributed by atoms with Gasteiger partial charge in [-0.3, -0.25) is 9.78 Å². The Hall–Kier alpha value is -2.07. The molecule has 2 aromatic rings. The van der Waals surface area contributed by atoms with Gasteiger partial charge in [0.1, 0.15) is 0 Å². The molecule has 1 saturated carbocycles. The minimum atomic E-state index is -0.0501. The molecule has 1 aliphatic rings. The number of halogens is 1. The normalized spacial score (nSPS) is 15.4. The van der Waals surface area contributed by atoms with Crippen molar-refractivity contribution in [3.8, 4) is 0 Å². The van der Waals surface area contributed by atoms with Crippen molar-refractivity contribution in [1.82, 2.24) is 10.3 Å². The average Bonchev–Trinajstić information content (AvgIpc) is 2.88. The van der Waals surface area contributed by atoms with E-state index in [4.69, 9.17) is 11.6 Å². The second-order valence-electron chi connectivity index (χ2n) is 6.66. The first-order chi connectivity index (χ1) is 12.1. The zero-order chi connectivity index (χ0) is 17.6. The third kappa shape index (κ3) is 4.73. The molecule has 132 valence electrons. The highest BCUT2D eigenvalue weighted by Crippen LogP contribution is 2.26. The lowest BCUT2D eigenvalue weighted by molar-refractivity contribution is 0.0933. The van der Waals surface area contributed by atoms with Crippen molar-refractivity contribution in [2.45, 2.75) is 51.5 Å². The van der Waals surface area contributed by atoms with Crippen LogP contribution in [0.3, 0.4) is 0 Å². The molecule has 0 atom stereocenters. The Balaban J connectivity index is 1.70. The van der Waals surface area contributed by atoms with Crippen LogP contribution in [0.15, 0.2) is 36.7 Å². The monoisotopic (exact) mass is 357 g/mol. The van der Waals surface area contributed by atoms with Gasteiger partial charge in [0, 0.05) is 22.9 Å². The molecule has 2 N–H and O–H groups in total. The summed E-state index contributed by atoms with van der Waals surface area (Å²) < 4.78 is 0. The van der Waals surface area contributed by atoms with Crippen molar-refractivity contribution in [3.05, 3.63) is 52.8 Å². The number of aromatic nitrogens is 1. The van der Waals surface area contributed by atoms with Gasteiger partial charge in [0.2, 0.25) is 0 Å². The van der Waals surface area contributed by atoms with Gasteiger partial charge in [-0.25, -0.2) is 0 Å². The molecule has 1 aromatic carbocycles. The van der Waals surface area contributed by atoms with Crippen LogP contribution in [0.1, 0.15) is 54.4 Å². The van der Waals surface area contributed by atoms with E-state index < -0.39 is 0 Å². The zero-order valence-corrected chi connectivity index (χ0v) is 15.3. The minimum Gasteiger partial charge on any atom is -0.354 e. The Morgan fingerprint density at radius 2 is 1.92 bits per heavy atom. The molecule has 0 radical (unpaired) electrons. The summed E-state index contributed by atoms with van der Waals surface area (Å²) in [5, 5.41) is 7.16. The molecular formula is C20H24ClN3O. The third-order valence-corrected chi connectivity index (χ3v) is 5.15. The van der Waals surface area contributed by atoms with E-state index in [1.165, 1.54) is 25.7 Å². The van der Waals surface area contributed by atoms with Crippen LogP contribution in [0, 0.1) is 6.92 Å². The van der Waals surface area contributed by atoms with Crippen LogP contribution in [-0.2, 0) is 0 Å². The molecule has 5 heteroatoms. The van der Waals surface area contributed by atoms with E-state index in [-0.39, 0.29) is 11.9 Å². The van der Waals surface area contributed by atoms with Crippen molar-refractivity contribution >= 4 is 28.9 Å². The molecule has 1 aliphatic carbocycles. The molecule has 0 bridgehead atoms. The SMILES string of the molecule is Cc1c(Cl)cccc1Nc1cncc(C(=O)NC2CCCCCC2)c1. The van der Waals surface area contributed by atoms with E-state index >= 15 is 0 Å². The highest BCUT2D eigenvalue weighted by Gasteiger charge is 2.16. The Labute approximate surface area is 154 Å². The van der Waals surface area contributed by atoms with Gasteiger partial charge in [0.15, 0.2) is 0 Å². The van der Waals surface area contributed by atoms with Gasteiger partial charge in [-0.2, -0.15) is 0 Å². The summed E-state index contributed by atoms with van der Waals surface area (Å²) in [4.78, 5) is 16.8. The molecule has 0 spiro atoms. The topological polar surface area (TPSA) is 54.0 Å². The van der Waals surface area contributed by atoms with E-state index in [1.807, 2.05) is 31.2 Å². The van der Waals surface area contributed by atoms with Crippen LogP contribution in [-0.4, -0.2) is 16.9 Å². The third-order valence-electron chi connectivity index (χ3n) is 4.74. The number of carbonyl (C=O) groups is 1. The molecule has 25 heavy (non-hydrogen) atoms. The second kappa shape index (κ2) is 8.34. The standard InChI is InChI=1S/C20H24ClN3O/c1-14-18(21)9-6-10-19(14)23-17-11-15(12-22-13-17)20(25)24-16-7-4-2-3-5-8-16/h6,9-13,16,23H,2-5,7-8H2,1H3,(H,24,25). The number of hydrogen-bond acceptors (Lipinski definition) is 3. The molecule has 0 unspecified atom stereocenters. The van der Waals surface area contributed by atoms with E-state index in [9.17, 15) is 4.79 Å². The van der Waals surface area contributed by atoms with Crippen molar-refractivity contribution in [1.29, 1.82) is 0 Å². The van der Waals surface area contributed by atoms with Gasteiger partial charge in [-0.1, -0.05) is 43.4 Å². The summed E-state index contributed by atoms with van der Waals surface area (Å²) in [6, 6.07) is 7.82. The highest BCUT2D eigenvalue weighted by molar-refractivity contribution is 6.31. The Morgan fingerprint density at radius 3 is 2.68 bits per heavy atom. The van der Waals surface area contributed by atoms with Gasteiger partial charge in [-0.15, -0.1) is 0 Å². The molecule has 4 nitrogen and oxygen atoms in total. The Kier molecular flexibility index (Phi) is 5.92. The number of rotatable bonds is 4. The van der Waals surface area contributed by atoms with Crippen molar-refractivity contribution in [2.24, 2.45) is 0 Å². The van der Waals surface area contributed by atoms with Gasteiger partial charge in [0.25, 0.3) is 5.91 Å². The number of nitrogens with zero attached hydrogens (tertiary/aromatic N) is 1. The summed E-state index contributed by atoms with van der Waals surface area (Å²) >= 11 is 6.16. The Morgan fingerprint density at radius 1 is 1.16 bits per heavy atom. The highest BCUT2D eigenvalue weighted by atomic mass is 35.5. The number of anilines is 2. The van der Waals surface area contributed by atoms with Crippen molar-refractivity contribution < 1.29 is 4.79 Å². The molecular weight excluding hydrogens is 334 g/mol. The minimum absolute atomic E-state index is 0.0501. The molecule has 1 fully saturated rings. The van der Waals surface area contributed by atoms with Crippen LogP contribution in [0.4, 0.5) is 11.4 Å². The second-order valence-corrected chi connectivity index (χ2v) is 7.07. The maximum absolute atomic E-state index is 12.6. The van der Waals surface area contributed by atoms with Crippen LogP contribution in [0.5, 0.6) is 0 Å². The molecule has 1 aromatic heterocycles. The molecule has 0 saturated heterocycles. The predicted molar refractivity (Wildman–Crippen MR) is 103 cm³/mol. The smallest absolute Gasteiger partial charge is 0.253 e. The van der Waals surface area contributed by atoms with Crippen molar-refractivity contribution in [3.63, 3.8) is 0 Å². The summed E-state index contributed by atoms with van der Waals surface area (Å²) in [7, 11) is 0. The van der Waals surface area contributed by atoms with E-state index in [0.29, 0.717) is 10.6 Å². The number of pyridine rings is 1. The van der Waals surface area contributed by atoms with Crippen LogP contribution >= 0.6 is 11.6 Å². The zero-order valence-electron chi connectivity index (χ0n) is 14.5. The molecule has 1 amide bonds. The number of benzene rings is 1. The lowest BCUT2D eigenvalue weighted by Gasteiger charge is -2.16. The summed E-state index contributed by atoms with van der Waals surface area (Å²) in [6.45, 7) is 1.96. The maximum Gasteiger partial charge on any atom is 0.253 e. The van der Waals surface area contributed by atoms with E-state index in [1.54, 1.807) is 12.4 Å². The van der Waals surface area contributed by atoms with Crippen LogP contribution in [0.2, 0.25) is 5.02 Å². The predicted octanol–water partition coefficient (Wildman–Crippen LogP) is 5.24. The maximum atomic E-state index is 12.6. The van der Waals surface area contributed by atoms with Gasteiger partial charge in [-0.05, 0) is 43.5 Å². The Bertz CT molecular complexity index is 739. The molecule has 0 aliphatic heterocycles. The molecule has 1 heterocycles. The summed E-state index contributed by atoms with van der Waals surface area (Å²) in [5.41, 5.74) is 3.24. The number of hydrogen-bond donors (Lipinski definition) is 2. The number of carbonyl (C=O) groups excluding carboxylic acids is 1. The fraction of sp³-hybridized carbons (Fsp3) is 0.400. The molecule has 3 rings (SSSR count). The number of amides is 1. The quantitative estimate of drug-likeness (QED) is 0.736.